The third kappa shape index (κ3) is 4.85. The van der Waals surface area contributed by atoms with Gasteiger partial charge < -0.3 is 11.1 Å². The molecule has 172 valence electrons. The summed E-state index contributed by atoms with van der Waals surface area (Å²) >= 11 is 0. The average Bonchev–Trinajstić information content (AvgIpc) is 3.07. The fourth-order valence-corrected chi connectivity index (χ4v) is 3.84. The Labute approximate surface area is 195 Å². The molecular weight excluding hydrogens is 437 g/mol. The largest absolute Gasteiger partial charge is 0.369 e. The Morgan fingerprint density at radius 1 is 0.882 bits per heavy atom. The van der Waals surface area contributed by atoms with Crippen LogP contribution in [0.5, 0.6) is 0 Å². The van der Waals surface area contributed by atoms with Crippen molar-refractivity contribution in [3.8, 4) is 0 Å². The molecule has 1 atom stereocenters. The molecule has 0 spiro atoms. The summed E-state index contributed by atoms with van der Waals surface area (Å²) in [7, 11) is 0. The Balaban J connectivity index is 1.44. The normalized spacial score (nSPS) is 13.5. The molecule has 8 heteroatoms. The monoisotopic (exact) mass is 459 g/mol. The molecule has 0 aromatic heterocycles. The minimum Gasteiger partial charge on any atom is -0.369 e. The highest BCUT2D eigenvalue weighted by Crippen LogP contribution is 2.25. The van der Waals surface area contributed by atoms with E-state index in [4.69, 9.17) is 5.73 Å². The molecular formula is C26H22FN3O4. The van der Waals surface area contributed by atoms with Crippen molar-refractivity contribution in [1.29, 1.82) is 0 Å². The zero-order chi connectivity index (χ0) is 24.2. The van der Waals surface area contributed by atoms with Crippen LogP contribution in [0.25, 0.3) is 0 Å². The minimum absolute atomic E-state index is 0.0321. The number of nitrogens with one attached hydrogen (secondary N) is 1. The molecule has 0 aliphatic carbocycles. The van der Waals surface area contributed by atoms with Crippen LogP contribution in [0.1, 0.15) is 42.2 Å². The van der Waals surface area contributed by atoms with Crippen molar-refractivity contribution >= 4 is 23.6 Å². The minimum atomic E-state index is -0.701. The SMILES string of the molecule is NC(=O)C(CNC(=O)c1ccc2c(c1)C(=O)N(Cc1ccccc1)C2=O)Cc1ccc(F)cc1. The summed E-state index contributed by atoms with van der Waals surface area (Å²) in [5.41, 5.74) is 7.58. The summed E-state index contributed by atoms with van der Waals surface area (Å²) in [6, 6.07) is 19.1. The topological polar surface area (TPSA) is 110 Å². The van der Waals surface area contributed by atoms with E-state index in [1.165, 1.54) is 30.3 Å². The predicted octanol–water partition coefficient (Wildman–Crippen LogP) is 2.70. The van der Waals surface area contributed by atoms with Crippen LogP contribution in [-0.4, -0.2) is 35.1 Å². The van der Waals surface area contributed by atoms with E-state index in [0.717, 1.165) is 10.5 Å². The number of benzene rings is 3. The van der Waals surface area contributed by atoms with Gasteiger partial charge in [0.25, 0.3) is 17.7 Å². The summed E-state index contributed by atoms with van der Waals surface area (Å²) < 4.78 is 13.1. The van der Waals surface area contributed by atoms with Crippen LogP contribution in [0.4, 0.5) is 4.39 Å². The Morgan fingerprint density at radius 2 is 1.56 bits per heavy atom. The summed E-state index contributed by atoms with van der Waals surface area (Å²) in [6.07, 6.45) is 0.238. The lowest BCUT2D eigenvalue weighted by Gasteiger charge is -2.15. The van der Waals surface area contributed by atoms with Gasteiger partial charge in [0.2, 0.25) is 5.91 Å². The van der Waals surface area contributed by atoms with Crippen LogP contribution in [0.2, 0.25) is 0 Å². The van der Waals surface area contributed by atoms with Crippen LogP contribution in [0, 0.1) is 11.7 Å². The highest BCUT2D eigenvalue weighted by Gasteiger charge is 2.36. The van der Waals surface area contributed by atoms with Gasteiger partial charge in [-0.2, -0.15) is 0 Å². The number of hydrogen-bond donors (Lipinski definition) is 2. The van der Waals surface area contributed by atoms with E-state index in [9.17, 15) is 23.6 Å². The second-order valence-electron chi connectivity index (χ2n) is 8.08. The summed E-state index contributed by atoms with van der Waals surface area (Å²) in [5, 5.41) is 2.66. The lowest BCUT2D eigenvalue weighted by Crippen LogP contribution is -2.37. The fraction of sp³-hybridized carbons (Fsp3) is 0.154. The molecule has 0 saturated heterocycles. The maximum absolute atomic E-state index is 13.1. The van der Waals surface area contributed by atoms with Crippen LogP contribution in [-0.2, 0) is 17.8 Å². The molecule has 0 bridgehead atoms. The summed E-state index contributed by atoms with van der Waals surface area (Å²) in [5.74, 6) is -3.08. The van der Waals surface area contributed by atoms with E-state index >= 15 is 0 Å². The number of carbonyl (C=O) groups is 4. The molecule has 1 aliphatic rings. The molecule has 0 fully saturated rings. The van der Waals surface area contributed by atoms with Crippen LogP contribution in [0.15, 0.2) is 72.8 Å². The van der Waals surface area contributed by atoms with E-state index in [0.29, 0.717) is 5.56 Å². The summed E-state index contributed by atoms with van der Waals surface area (Å²) in [4.78, 5) is 51.3. The van der Waals surface area contributed by atoms with Gasteiger partial charge in [0, 0.05) is 12.1 Å². The third-order valence-corrected chi connectivity index (χ3v) is 5.72. The molecule has 7 nitrogen and oxygen atoms in total. The molecule has 34 heavy (non-hydrogen) atoms. The van der Waals surface area contributed by atoms with Crippen molar-refractivity contribution < 1.29 is 23.6 Å². The number of nitrogens with zero attached hydrogens (tertiary/aromatic N) is 1. The van der Waals surface area contributed by atoms with Crippen molar-refractivity contribution in [2.75, 3.05) is 6.54 Å². The Bertz CT molecular complexity index is 1260. The Kier molecular flexibility index (Phi) is 6.49. The van der Waals surface area contributed by atoms with Crippen LogP contribution < -0.4 is 11.1 Å². The van der Waals surface area contributed by atoms with Crippen LogP contribution in [0.3, 0.4) is 0 Å². The third-order valence-electron chi connectivity index (χ3n) is 5.72. The van der Waals surface area contributed by atoms with Gasteiger partial charge in [-0.1, -0.05) is 42.5 Å². The van der Waals surface area contributed by atoms with Crippen molar-refractivity contribution in [2.45, 2.75) is 13.0 Å². The lowest BCUT2D eigenvalue weighted by atomic mass is 9.98. The van der Waals surface area contributed by atoms with Crippen LogP contribution >= 0.6 is 0 Å². The van der Waals surface area contributed by atoms with Gasteiger partial charge in [-0.15, -0.1) is 0 Å². The first-order valence-electron chi connectivity index (χ1n) is 10.7. The molecule has 1 unspecified atom stereocenters. The molecule has 1 heterocycles. The number of rotatable bonds is 8. The van der Waals surface area contributed by atoms with E-state index < -0.39 is 29.5 Å². The van der Waals surface area contributed by atoms with Crippen molar-refractivity contribution in [1.82, 2.24) is 10.2 Å². The first-order valence-corrected chi connectivity index (χ1v) is 10.7. The van der Waals surface area contributed by atoms with Gasteiger partial charge in [-0.25, -0.2) is 4.39 Å². The molecule has 4 rings (SSSR count). The number of primary amides is 1. The number of halogens is 1. The zero-order valence-electron chi connectivity index (χ0n) is 18.2. The Hall–Kier alpha value is -4.33. The highest BCUT2D eigenvalue weighted by atomic mass is 19.1. The number of fused-ring (bicyclic) bond motifs is 1. The smallest absolute Gasteiger partial charge is 0.261 e. The maximum Gasteiger partial charge on any atom is 0.261 e. The molecule has 0 saturated carbocycles. The molecule has 1 aliphatic heterocycles. The second kappa shape index (κ2) is 9.66. The second-order valence-corrected chi connectivity index (χ2v) is 8.08. The lowest BCUT2D eigenvalue weighted by molar-refractivity contribution is -0.121. The standard InChI is InChI=1S/C26H22FN3O4/c27-20-9-6-16(7-10-20)12-19(23(28)31)14-29-24(32)18-8-11-21-22(13-18)26(34)30(25(21)33)15-17-4-2-1-3-5-17/h1-11,13,19H,12,14-15H2,(H2,28,31)(H,29,32). The van der Waals surface area contributed by atoms with Crippen molar-refractivity contribution in [3.63, 3.8) is 0 Å². The molecule has 0 radical (unpaired) electrons. The van der Waals surface area contributed by atoms with E-state index in [2.05, 4.69) is 5.32 Å². The van der Waals surface area contributed by atoms with Crippen molar-refractivity contribution in [2.24, 2.45) is 11.7 Å². The van der Waals surface area contributed by atoms with Gasteiger partial charge in [-0.05, 0) is 47.9 Å². The molecule has 3 aromatic carbocycles. The zero-order valence-corrected chi connectivity index (χ0v) is 18.2. The van der Waals surface area contributed by atoms with E-state index in [-0.39, 0.29) is 42.0 Å². The Morgan fingerprint density at radius 3 is 2.24 bits per heavy atom. The van der Waals surface area contributed by atoms with Gasteiger partial charge in [0.15, 0.2) is 0 Å². The van der Waals surface area contributed by atoms with Gasteiger partial charge >= 0.3 is 0 Å². The number of carbonyl (C=O) groups excluding carboxylic acids is 4. The number of imide groups is 1. The van der Waals surface area contributed by atoms with Crippen molar-refractivity contribution in [3.05, 3.63) is 106 Å². The van der Waals surface area contributed by atoms with E-state index in [1.54, 1.807) is 12.1 Å². The predicted molar refractivity (Wildman–Crippen MR) is 122 cm³/mol. The fourth-order valence-electron chi connectivity index (χ4n) is 3.84. The molecule has 4 amide bonds. The maximum atomic E-state index is 13.1. The average molecular weight is 459 g/mol. The number of amides is 4. The van der Waals surface area contributed by atoms with Gasteiger partial charge in [0.1, 0.15) is 5.82 Å². The molecule has 3 N–H and O–H groups in total. The highest BCUT2D eigenvalue weighted by molar-refractivity contribution is 6.22. The van der Waals surface area contributed by atoms with E-state index in [1.807, 2.05) is 30.3 Å². The quantitative estimate of drug-likeness (QED) is 0.505. The molecule has 3 aromatic rings. The first-order chi connectivity index (χ1) is 16.3. The van der Waals surface area contributed by atoms with Gasteiger partial charge in [-0.3, -0.25) is 24.1 Å². The summed E-state index contributed by atoms with van der Waals surface area (Å²) in [6.45, 7) is 0.105. The number of nitrogens with two attached hydrogens (primary N) is 1. The first kappa shape index (κ1) is 22.8. The number of hydrogen-bond acceptors (Lipinski definition) is 4. The van der Waals surface area contributed by atoms with Gasteiger partial charge in [0.05, 0.1) is 23.6 Å².